The largest absolute Gasteiger partial charge is 0.465 e. The first-order valence-electron chi connectivity index (χ1n) is 9.12. The van der Waals surface area contributed by atoms with Crippen molar-refractivity contribution >= 4 is 34.8 Å². The lowest BCUT2D eigenvalue weighted by atomic mass is 10.1. The van der Waals surface area contributed by atoms with Crippen molar-refractivity contribution in [3.05, 3.63) is 59.7 Å². The van der Waals surface area contributed by atoms with Crippen molar-refractivity contribution in [3.63, 3.8) is 0 Å². The molecule has 3 rings (SSSR count). The molecule has 0 bridgehead atoms. The molecule has 0 aliphatic carbocycles. The lowest BCUT2D eigenvalue weighted by Crippen LogP contribution is -2.13. The van der Waals surface area contributed by atoms with Gasteiger partial charge in [0, 0.05) is 24.3 Å². The smallest absolute Gasteiger partial charge is 0.337 e. The fraction of sp³-hybridized carbons (Fsp3) is 0.238. The van der Waals surface area contributed by atoms with Gasteiger partial charge in [-0.2, -0.15) is 0 Å². The van der Waals surface area contributed by atoms with E-state index < -0.39 is 5.97 Å². The molecule has 0 amide bonds. The van der Waals surface area contributed by atoms with Crippen LogP contribution < -0.4 is 5.32 Å². The van der Waals surface area contributed by atoms with Crippen LogP contribution in [-0.2, 0) is 9.47 Å². The Bertz CT molecular complexity index is 993. The van der Waals surface area contributed by atoms with E-state index in [1.807, 2.05) is 18.2 Å². The van der Waals surface area contributed by atoms with Gasteiger partial charge in [0.05, 0.1) is 38.0 Å². The Balaban J connectivity index is 1.92. The number of aliphatic hydroxyl groups excluding tert-OH is 1. The Morgan fingerprint density at radius 2 is 2.10 bits per heavy atom. The zero-order valence-electron chi connectivity index (χ0n) is 16.0. The summed E-state index contributed by atoms with van der Waals surface area (Å²) in [6.07, 6.45) is 7.14. The summed E-state index contributed by atoms with van der Waals surface area (Å²) in [5.41, 5.74) is 2.04. The van der Waals surface area contributed by atoms with E-state index in [0.717, 1.165) is 5.56 Å². The summed E-state index contributed by atoms with van der Waals surface area (Å²) in [7, 11) is 1.34. The van der Waals surface area contributed by atoms with E-state index in [0.29, 0.717) is 41.3 Å². The zero-order chi connectivity index (χ0) is 20.5. The number of pyridine rings is 1. The number of hydrogen-bond donors (Lipinski definition) is 2. The molecule has 29 heavy (non-hydrogen) atoms. The highest BCUT2D eigenvalue weighted by Crippen LogP contribution is 2.23. The summed E-state index contributed by atoms with van der Waals surface area (Å²) in [6, 6.07) is 8.92. The van der Waals surface area contributed by atoms with Crippen molar-refractivity contribution in [2.75, 3.05) is 38.8 Å². The van der Waals surface area contributed by atoms with Crippen LogP contribution >= 0.6 is 0 Å². The van der Waals surface area contributed by atoms with Gasteiger partial charge in [-0.3, -0.25) is 4.98 Å². The van der Waals surface area contributed by atoms with Crippen molar-refractivity contribution in [2.24, 2.45) is 0 Å². The van der Waals surface area contributed by atoms with Gasteiger partial charge in [-0.15, -0.1) is 0 Å². The van der Waals surface area contributed by atoms with Gasteiger partial charge in [-0.05, 0) is 42.0 Å². The molecule has 0 radical (unpaired) electrons. The monoisotopic (exact) mass is 394 g/mol. The van der Waals surface area contributed by atoms with E-state index in [9.17, 15) is 4.79 Å². The summed E-state index contributed by atoms with van der Waals surface area (Å²) >= 11 is 0. The minimum Gasteiger partial charge on any atom is -0.465 e. The molecular formula is C21H22N4O4. The molecule has 1 aromatic carbocycles. The van der Waals surface area contributed by atoms with Crippen molar-refractivity contribution in [2.45, 2.75) is 0 Å². The van der Waals surface area contributed by atoms with Gasteiger partial charge in [0.25, 0.3) is 0 Å². The van der Waals surface area contributed by atoms with Crippen LogP contribution in [0.1, 0.15) is 21.7 Å². The third kappa shape index (κ3) is 5.56. The third-order valence-corrected chi connectivity index (χ3v) is 4.02. The van der Waals surface area contributed by atoms with Crippen LogP contribution in [0.4, 0.5) is 5.82 Å². The van der Waals surface area contributed by atoms with Crippen LogP contribution in [0.15, 0.2) is 42.7 Å². The molecule has 8 heteroatoms. The predicted molar refractivity (Wildman–Crippen MR) is 110 cm³/mol. The van der Waals surface area contributed by atoms with Gasteiger partial charge in [-0.1, -0.05) is 6.07 Å². The van der Waals surface area contributed by atoms with Crippen molar-refractivity contribution in [3.8, 4) is 0 Å². The lowest BCUT2D eigenvalue weighted by molar-refractivity contribution is 0.0601. The first kappa shape index (κ1) is 20.4. The number of ether oxygens (including phenoxy) is 2. The van der Waals surface area contributed by atoms with Crippen LogP contribution in [0.2, 0.25) is 0 Å². The molecule has 2 aromatic heterocycles. The number of aromatic nitrogens is 3. The van der Waals surface area contributed by atoms with E-state index in [-0.39, 0.29) is 13.2 Å². The molecule has 0 aliphatic rings. The second-order valence-electron chi connectivity index (χ2n) is 6.04. The maximum Gasteiger partial charge on any atom is 0.337 e. The number of methoxy groups -OCH3 is 1. The second kappa shape index (κ2) is 10.3. The molecule has 0 saturated heterocycles. The van der Waals surface area contributed by atoms with Crippen LogP contribution in [-0.4, -0.2) is 59.5 Å². The van der Waals surface area contributed by atoms with Gasteiger partial charge in [0.1, 0.15) is 5.82 Å². The van der Waals surface area contributed by atoms with E-state index in [2.05, 4.69) is 20.3 Å². The van der Waals surface area contributed by atoms with Crippen LogP contribution in [0, 0.1) is 0 Å². The lowest BCUT2D eigenvalue weighted by Gasteiger charge is -2.11. The number of fused-ring (bicyclic) bond motifs is 1. The standard InChI is InChI=1S/C21H22N4O4/c1-28-21(27)16-5-6-18-17(13-16)20(23-9-11-29-12-10-26)25-19(24-18)7-4-15-3-2-8-22-14-15/h2-8,13-14,26H,9-12H2,1H3,(H,23,24,25). The summed E-state index contributed by atoms with van der Waals surface area (Å²) in [5.74, 6) is 0.676. The van der Waals surface area contributed by atoms with E-state index in [1.165, 1.54) is 7.11 Å². The normalized spacial score (nSPS) is 11.1. The first-order chi connectivity index (χ1) is 14.2. The number of carbonyl (C=O) groups is 1. The van der Waals surface area contributed by atoms with Crippen molar-refractivity contribution in [1.82, 2.24) is 15.0 Å². The Kier molecular flexibility index (Phi) is 7.21. The number of anilines is 1. The summed E-state index contributed by atoms with van der Waals surface area (Å²) < 4.78 is 10.1. The van der Waals surface area contributed by atoms with Gasteiger partial charge in [0.2, 0.25) is 0 Å². The quantitative estimate of drug-likeness (QED) is 0.421. The first-order valence-corrected chi connectivity index (χ1v) is 9.12. The third-order valence-electron chi connectivity index (χ3n) is 4.02. The highest BCUT2D eigenvalue weighted by atomic mass is 16.5. The molecule has 2 N–H and O–H groups in total. The second-order valence-corrected chi connectivity index (χ2v) is 6.04. The average molecular weight is 394 g/mol. The molecule has 3 aromatic rings. The fourth-order valence-electron chi connectivity index (χ4n) is 2.65. The number of carbonyl (C=O) groups excluding carboxylic acids is 1. The molecule has 0 aliphatic heterocycles. The van der Waals surface area contributed by atoms with Crippen LogP contribution in [0.25, 0.3) is 23.1 Å². The van der Waals surface area contributed by atoms with Crippen LogP contribution in [0.3, 0.4) is 0 Å². The van der Waals surface area contributed by atoms with E-state index >= 15 is 0 Å². The Morgan fingerprint density at radius 1 is 1.21 bits per heavy atom. The van der Waals surface area contributed by atoms with Gasteiger partial charge >= 0.3 is 5.97 Å². The molecule has 0 saturated carbocycles. The number of nitrogens with zero attached hydrogens (tertiary/aromatic N) is 3. The van der Waals surface area contributed by atoms with Crippen LogP contribution in [0.5, 0.6) is 0 Å². The molecule has 2 heterocycles. The maximum absolute atomic E-state index is 11.9. The maximum atomic E-state index is 11.9. The van der Waals surface area contributed by atoms with Gasteiger partial charge in [0.15, 0.2) is 5.82 Å². The van der Waals surface area contributed by atoms with E-state index in [1.54, 1.807) is 36.7 Å². The molecule has 0 atom stereocenters. The highest BCUT2D eigenvalue weighted by molar-refractivity contribution is 5.98. The molecule has 0 fully saturated rings. The molecule has 150 valence electrons. The Morgan fingerprint density at radius 3 is 2.86 bits per heavy atom. The number of benzene rings is 1. The summed E-state index contributed by atoms with van der Waals surface area (Å²) in [6.45, 7) is 1.14. The Hall–Kier alpha value is -3.36. The summed E-state index contributed by atoms with van der Waals surface area (Å²) in [5, 5.41) is 12.7. The topological polar surface area (TPSA) is 106 Å². The van der Waals surface area contributed by atoms with Gasteiger partial charge in [-0.25, -0.2) is 14.8 Å². The molecule has 0 spiro atoms. The van der Waals surface area contributed by atoms with E-state index in [4.69, 9.17) is 14.6 Å². The number of hydrogen-bond acceptors (Lipinski definition) is 8. The SMILES string of the molecule is COC(=O)c1ccc2nc(C=Cc3cccnc3)nc(NCCOCCO)c2c1. The minimum absolute atomic E-state index is 0.0256. The number of esters is 1. The van der Waals surface area contributed by atoms with Crippen molar-refractivity contribution in [1.29, 1.82) is 0 Å². The number of nitrogens with one attached hydrogen (secondary N) is 1. The number of aliphatic hydroxyl groups is 1. The predicted octanol–water partition coefficient (Wildman–Crippen LogP) is 2.40. The molecule has 8 nitrogen and oxygen atoms in total. The molecular weight excluding hydrogens is 372 g/mol. The average Bonchev–Trinajstić information content (AvgIpc) is 2.77. The van der Waals surface area contributed by atoms with Gasteiger partial charge < -0.3 is 19.9 Å². The molecule has 0 unspecified atom stereocenters. The fourth-order valence-corrected chi connectivity index (χ4v) is 2.65. The Labute approximate surface area is 168 Å². The zero-order valence-corrected chi connectivity index (χ0v) is 16.0. The van der Waals surface area contributed by atoms with Crippen molar-refractivity contribution < 1.29 is 19.4 Å². The minimum atomic E-state index is -0.426. The number of rotatable bonds is 9. The highest BCUT2D eigenvalue weighted by Gasteiger charge is 2.11. The summed E-state index contributed by atoms with van der Waals surface area (Å²) in [4.78, 5) is 25.1.